The molecule has 0 aliphatic rings. The second kappa shape index (κ2) is 8.09. The first-order chi connectivity index (χ1) is 7.72. The molecule has 0 amide bonds. The predicted molar refractivity (Wildman–Crippen MR) is 75.4 cm³/mol. The molecule has 0 atom stereocenters. The smallest absolute Gasteiger partial charge is 0.0925 e. The summed E-state index contributed by atoms with van der Waals surface area (Å²) in [6.07, 6.45) is 3.05. The van der Waals surface area contributed by atoms with Gasteiger partial charge in [0.25, 0.3) is 0 Å². The van der Waals surface area contributed by atoms with E-state index in [1.54, 1.807) is 0 Å². The third-order valence-corrected chi connectivity index (χ3v) is 4.61. The van der Waals surface area contributed by atoms with Gasteiger partial charge in [0.15, 0.2) is 0 Å². The number of aromatic nitrogens is 1. The molecule has 0 aromatic carbocycles. The zero-order chi connectivity index (χ0) is 11.8. The van der Waals surface area contributed by atoms with Crippen LogP contribution < -0.4 is 5.32 Å². The molecule has 0 bridgehead atoms. The van der Waals surface area contributed by atoms with E-state index in [4.69, 9.17) is 0 Å². The van der Waals surface area contributed by atoms with Gasteiger partial charge in [0, 0.05) is 29.9 Å². The first-order valence-corrected chi connectivity index (χ1v) is 7.91. The fraction of sp³-hybridized carbons (Fsp3) is 0.750. The van der Waals surface area contributed by atoms with Crippen LogP contribution in [0.5, 0.6) is 0 Å². The van der Waals surface area contributed by atoms with Crippen LogP contribution in [0.1, 0.15) is 30.7 Å². The maximum atomic E-state index is 4.35. The van der Waals surface area contributed by atoms with Gasteiger partial charge in [-0.05, 0) is 18.1 Å². The van der Waals surface area contributed by atoms with Crippen LogP contribution in [-0.4, -0.2) is 23.0 Å². The highest BCUT2D eigenvalue weighted by atomic mass is 32.2. The highest BCUT2D eigenvalue weighted by Gasteiger charge is 1.99. The third-order valence-electron chi connectivity index (χ3n) is 2.08. The summed E-state index contributed by atoms with van der Waals surface area (Å²) in [5.74, 6) is 3.28. The third kappa shape index (κ3) is 5.87. The Balaban J connectivity index is 2.02. The Kier molecular flexibility index (Phi) is 7.08. The Morgan fingerprint density at radius 1 is 1.50 bits per heavy atom. The molecule has 0 saturated carbocycles. The maximum Gasteiger partial charge on any atom is 0.0925 e. The Labute approximate surface area is 107 Å². The average Bonchev–Trinajstić information content (AvgIpc) is 2.70. The summed E-state index contributed by atoms with van der Waals surface area (Å²) >= 11 is 3.85. The van der Waals surface area contributed by atoms with Crippen LogP contribution >= 0.6 is 23.1 Å². The number of aryl methyl sites for hydroxylation is 1. The first kappa shape index (κ1) is 14.0. The molecule has 1 rings (SSSR count). The zero-order valence-corrected chi connectivity index (χ0v) is 12.1. The molecule has 92 valence electrons. The highest BCUT2D eigenvalue weighted by molar-refractivity contribution is 7.99. The van der Waals surface area contributed by atoms with Crippen LogP contribution in [0.25, 0.3) is 0 Å². The topological polar surface area (TPSA) is 24.9 Å². The second-order valence-electron chi connectivity index (χ2n) is 4.22. The van der Waals surface area contributed by atoms with Crippen molar-refractivity contribution < 1.29 is 0 Å². The number of thioether (sulfide) groups is 1. The van der Waals surface area contributed by atoms with E-state index < -0.39 is 0 Å². The Morgan fingerprint density at radius 3 is 2.94 bits per heavy atom. The summed E-state index contributed by atoms with van der Waals surface area (Å²) < 4.78 is 0. The minimum atomic E-state index is 0.804. The zero-order valence-electron chi connectivity index (χ0n) is 10.5. The molecule has 2 nitrogen and oxygen atoms in total. The quantitative estimate of drug-likeness (QED) is 0.725. The van der Waals surface area contributed by atoms with Gasteiger partial charge in [-0.25, -0.2) is 4.98 Å². The molecule has 0 unspecified atom stereocenters. The van der Waals surface area contributed by atoms with Crippen LogP contribution in [0.15, 0.2) is 6.20 Å². The molecule has 1 aromatic heterocycles. The van der Waals surface area contributed by atoms with Crippen LogP contribution in [0.2, 0.25) is 0 Å². The van der Waals surface area contributed by atoms with Gasteiger partial charge < -0.3 is 5.32 Å². The summed E-state index contributed by atoms with van der Waals surface area (Å²) in [4.78, 5) is 5.70. The Bertz CT molecular complexity index is 284. The van der Waals surface area contributed by atoms with E-state index >= 15 is 0 Å². The number of thiazole rings is 1. The Hall–Kier alpha value is -0.0600. The predicted octanol–water partition coefficient (Wildman–Crippen LogP) is 3.18. The maximum absolute atomic E-state index is 4.35. The number of hydrogen-bond acceptors (Lipinski definition) is 4. The van der Waals surface area contributed by atoms with E-state index in [-0.39, 0.29) is 0 Å². The van der Waals surface area contributed by atoms with Crippen LogP contribution in [0.3, 0.4) is 0 Å². The molecule has 0 aliphatic carbocycles. The minimum absolute atomic E-state index is 0.804. The molecule has 0 radical (unpaired) electrons. The van der Waals surface area contributed by atoms with Crippen LogP contribution in [0.4, 0.5) is 0 Å². The van der Waals surface area contributed by atoms with E-state index in [2.05, 4.69) is 31.1 Å². The summed E-state index contributed by atoms with van der Waals surface area (Å²) in [5.41, 5.74) is 0. The number of rotatable bonds is 8. The lowest BCUT2D eigenvalue weighted by molar-refractivity contribution is 0.731. The summed E-state index contributed by atoms with van der Waals surface area (Å²) in [6, 6.07) is 0. The molecule has 1 N–H and O–H groups in total. The summed E-state index contributed by atoms with van der Waals surface area (Å²) in [5, 5.41) is 4.70. The van der Waals surface area contributed by atoms with E-state index in [0.717, 1.165) is 25.4 Å². The normalized spacial score (nSPS) is 11.2. The molecule has 1 heterocycles. The van der Waals surface area contributed by atoms with Crippen molar-refractivity contribution in [2.24, 2.45) is 5.92 Å². The average molecular weight is 258 g/mol. The number of hydrogen-bond donors (Lipinski definition) is 1. The van der Waals surface area contributed by atoms with Crippen molar-refractivity contribution in [3.05, 3.63) is 16.1 Å². The number of nitrogens with one attached hydrogen (secondary N) is 1. The fourth-order valence-electron chi connectivity index (χ4n) is 1.27. The van der Waals surface area contributed by atoms with Crippen molar-refractivity contribution in [3.8, 4) is 0 Å². The molecule has 1 aromatic rings. The van der Waals surface area contributed by atoms with Crippen molar-refractivity contribution in [2.75, 3.05) is 18.1 Å². The van der Waals surface area contributed by atoms with Crippen LogP contribution in [-0.2, 0) is 13.0 Å². The summed E-state index contributed by atoms with van der Waals surface area (Å²) in [6.45, 7) is 8.75. The molecule has 0 spiro atoms. The van der Waals surface area contributed by atoms with E-state index in [0.29, 0.717) is 0 Å². The lowest BCUT2D eigenvalue weighted by Gasteiger charge is -2.05. The molecule has 4 heteroatoms. The molecule has 0 fully saturated rings. The lowest BCUT2D eigenvalue weighted by Crippen LogP contribution is -2.16. The van der Waals surface area contributed by atoms with Gasteiger partial charge >= 0.3 is 0 Å². The van der Waals surface area contributed by atoms with E-state index in [1.165, 1.54) is 21.4 Å². The minimum Gasteiger partial charge on any atom is -0.311 e. The number of nitrogens with zero attached hydrogens (tertiary/aromatic N) is 1. The SMILES string of the molecule is CCc1ncc(CNCCSCC(C)C)s1. The monoisotopic (exact) mass is 258 g/mol. The molecular weight excluding hydrogens is 236 g/mol. The first-order valence-electron chi connectivity index (χ1n) is 5.94. The molecular formula is C12H22N2S2. The summed E-state index contributed by atoms with van der Waals surface area (Å²) in [7, 11) is 0. The Morgan fingerprint density at radius 2 is 2.31 bits per heavy atom. The van der Waals surface area contributed by atoms with Gasteiger partial charge in [-0.15, -0.1) is 11.3 Å². The van der Waals surface area contributed by atoms with Gasteiger partial charge in [0.2, 0.25) is 0 Å². The van der Waals surface area contributed by atoms with Gasteiger partial charge in [-0.3, -0.25) is 0 Å². The largest absolute Gasteiger partial charge is 0.311 e. The van der Waals surface area contributed by atoms with Crippen molar-refractivity contribution in [1.82, 2.24) is 10.3 Å². The fourth-order valence-corrected chi connectivity index (χ4v) is 3.03. The van der Waals surface area contributed by atoms with Crippen molar-refractivity contribution in [1.29, 1.82) is 0 Å². The van der Waals surface area contributed by atoms with Crippen molar-refractivity contribution in [3.63, 3.8) is 0 Å². The van der Waals surface area contributed by atoms with E-state index in [1.807, 2.05) is 29.3 Å². The lowest BCUT2D eigenvalue weighted by atomic mass is 10.3. The standard InChI is InChI=1S/C12H22N2S2/c1-4-12-14-8-11(16-12)7-13-5-6-15-9-10(2)3/h8,10,13H,4-7,9H2,1-3H3. The van der Waals surface area contributed by atoms with Gasteiger partial charge in [-0.1, -0.05) is 20.8 Å². The molecule has 16 heavy (non-hydrogen) atoms. The van der Waals surface area contributed by atoms with E-state index in [9.17, 15) is 0 Å². The van der Waals surface area contributed by atoms with Crippen molar-refractivity contribution >= 4 is 23.1 Å². The van der Waals surface area contributed by atoms with Crippen LogP contribution in [0, 0.1) is 5.92 Å². The molecule has 0 aliphatic heterocycles. The second-order valence-corrected chi connectivity index (χ2v) is 6.57. The van der Waals surface area contributed by atoms with Crippen molar-refractivity contribution in [2.45, 2.75) is 33.7 Å². The highest BCUT2D eigenvalue weighted by Crippen LogP contribution is 2.12. The van der Waals surface area contributed by atoms with Gasteiger partial charge in [0.1, 0.15) is 0 Å². The molecule has 0 saturated heterocycles. The van der Waals surface area contributed by atoms with Gasteiger partial charge in [0.05, 0.1) is 5.01 Å². The van der Waals surface area contributed by atoms with Gasteiger partial charge in [-0.2, -0.15) is 11.8 Å².